The summed E-state index contributed by atoms with van der Waals surface area (Å²) in [5.74, 6) is 0. The van der Waals surface area contributed by atoms with Gasteiger partial charge in [-0.3, -0.25) is 5.10 Å². The predicted octanol–water partition coefficient (Wildman–Crippen LogP) is -0.0383. The molecule has 2 aromatic rings. The summed E-state index contributed by atoms with van der Waals surface area (Å²) < 4.78 is 0. The predicted molar refractivity (Wildman–Crippen MR) is 63.4 cm³/mol. The van der Waals surface area contributed by atoms with Crippen molar-refractivity contribution in [3.8, 4) is 0 Å². The monoisotopic (exact) mass is 236 g/mol. The van der Waals surface area contributed by atoms with Crippen molar-refractivity contribution in [3.63, 3.8) is 0 Å². The molecule has 0 saturated heterocycles. The number of nitrogens with one attached hydrogen (secondary N) is 2. The zero-order chi connectivity index (χ0) is 12.3. The van der Waals surface area contributed by atoms with Crippen molar-refractivity contribution in [1.29, 1.82) is 0 Å². The van der Waals surface area contributed by atoms with Gasteiger partial charge in [-0.25, -0.2) is 4.98 Å². The van der Waals surface area contributed by atoms with Crippen LogP contribution in [0.15, 0.2) is 18.3 Å². The number of fused-ring (bicyclic) bond motifs is 1. The molecule has 4 N–H and O–H groups in total. The number of pyridine rings is 1. The Labute approximate surface area is 98.7 Å². The lowest BCUT2D eigenvalue weighted by atomic mass is 10.1. The number of hydrogen-bond donors (Lipinski definition) is 4. The highest BCUT2D eigenvalue weighted by atomic mass is 16.3. The van der Waals surface area contributed by atoms with Gasteiger partial charge in [-0.2, -0.15) is 5.10 Å². The van der Waals surface area contributed by atoms with E-state index in [0.29, 0.717) is 24.3 Å². The van der Waals surface area contributed by atoms with Gasteiger partial charge in [0.1, 0.15) is 6.10 Å². The summed E-state index contributed by atoms with van der Waals surface area (Å²) >= 11 is 0. The van der Waals surface area contributed by atoms with E-state index in [0.717, 1.165) is 5.39 Å². The normalized spacial score (nSPS) is 15.0. The van der Waals surface area contributed by atoms with Crippen LogP contribution in [0.4, 0.5) is 0 Å². The van der Waals surface area contributed by atoms with Crippen molar-refractivity contribution >= 4 is 11.0 Å². The van der Waals surface area contributed by atoms with Crippen molar-refractivity contribution in [2.75, 3.05) is 13.6 Å². The highest BCUT2D eigenvalue weighted by molar-refractivity contribution is 5.77. The molecule has 0 aliphatic rings. The van der Waals surface area contributed by atoms with E-state index in [1.54, 1.807) is 19.3 Å². The van der Waals surface area contributed by atoms with E-state index in [-0.39, 0.29) is 0 Å². The standard InChI is InChI=1S/C11H16N4O2/c1-12-6-4-8(16)10(17)9-7-3-2-5-13-11(7)15-14-9/h2-3,5,8,10,12,16-17H,4,6H2,1H3,(H,13,14,15). The van der Waals surface area contributed by atoms with Gasteiger partial charge in [0.25, 0.3) is 0 Å². The fourth-order valence-electron chi connectivity index (χ4n) is 1.74. The van der Waals surface area contributed by atoms with Gasteiger partial charge in [0.05, 0.1) is 11.8 Å². The first-order valence-electron chi connectivity index (χ1n) is 5.53. The summed E-state index contributed by atoms with van der Waals surface area (Å²) in [6.45, 7) is 0.641. The van der Waals surface area contributed by atoms with Crippen LogP contribution >= 0.6 is 0 Å². The number of aromatic nitrogens is 3. The smallest absolute Gasteiger partial charge is 0.181 e. The number of rotatable bonds is 5. The Morgan fingerprint density at radius 3 is 3.06 bits per heavy atom. The molecule has 2 aromatic heterocycles. The van der Waals surface area contributed by atoms with Crippen LogP contribution in [-0.2, 0) is 0 Å². The Morgan fingerprint density at radius 1 is 1.47 bits per heavy atom. The summed E-state index contributed by atoms with van der Waals surface area (Å²) in [7, 11) is 1.80. The molecule has 2 atom stereocenters. The van der Waals surface area contributed by atoms with Crippen LogP contribution in [0.1, 0.15) is 18.2 Å². The van der Waals surface area contributed by atoms with E-state index in [4.69, 9.17) is 0 Å². The third kappa shape index (κ3) is 2.44. The summed E-state index contributed by atoms with van der Waals surface area (Å²) in [4.78, 5) is 4.06. The second-order valence-corrected chi connectivity index (χ2v) is 3.92. The van der Waals surface area contributed by atoms with Gasteiger partial charge in [0.15, 0.2) is 5.65 Å². The van der Waals surface area contributed by atoms with E-state index in [9.17, 15) is 10.2 Å². The topological polar surface area (TPSA) is 94.1 Å². The van der Waals surface area contributed by atoms with Crippen molar-refractivity contribution in [2.45, 2.75) is 18.6 Å². The third-order valence-electron chi connectivity index (χ3n) is 2.71. The highest BCUT2D eigenvalue weighted by Gasteiger charge is 2.22. The molecule has 0 bridgehead atoms. The summed E-state index contributed by atoms with van der Waals surface area (Å²) in [6.07, 6.45) is 0.304. The van der Waals surface area contributed by atoms with Crippen LogP contribution in [-0.4, -0.2) is 45.1 Å². The van der Waals surface area contributed by atoms with Crippen LogP contribution in [0.5, 0.6) is 0 Å². The molecule has 0 aliphatic carbocycles. The molecule has 0 fully saturated rings. The molecule has 2 unspecified atom stereocenters. The minimum atomic E-state index is -0.974. The lowest BCUT2D eigenvalue weighted by molar-refractivity contribution is 0.0123. The van der Waals surface area contributed by atoms with Crippen molar-refractivity contribution in [1.82, 2.24) is 20.5 Å². The maximum atomic E-state index is 10.0. The number of H-pyrrole nitrogens is 1. The first-order valence-corrected chi connectivity index (χ1v) is 5.53. The van der Waals surface area contributed by atoms with Crippen LogP contribution in [0, 0.1) is 0 Å². The van der Waals surface area contributed by atoms with E-state index in [1.165, 1.54) is 0 Å². The van der Waals surface area contributed by atoms with Crippen molar-refractivity contribution in [2.24, 2.45) is 0 Å². The van der Waals surface area contributed by atoms with E-state index in [1.807, 2.05) is 6.07 Å². The SMILES string of the molecule is CNCCC(O)C(O)c1[nH]nc2ncccc12. The van der Waals surface area contributed by atoms with E-state index in [2.05, 4.69) is 20.5 Å². The lowest BCUT2D eigenvalue weighted by Crippen LogP contribution is -2.23. The Hall–Kier alpha value is -1.50. The molecular weight excluding hydrogens is 220 g/mol. The molecule has 0 spiro atoms. The first kappa shape index (κ1) is 12.0. The van der Waals surface area contributed by atoms with Gasteiger partial charge in [0, 0.05) is 11.6 Å². The van der Waals surface area contributed by atoms with Gasteiger partial charge >= 0.3 is 0 Å². The van der Waals surface area contributed by atoms with Crippen molar-refractivity contribution in [3.05, 3.63) is 24.0 Å². The molecule has 0 aliphatic heterocycles. The lowest BCUT2D eigenvalue weighted by Gasteiger charge is -2.16. The van der Waals surface area contributed by atoms with Gasteiger partial charge < -0.3 is 15.5 Å². The molecule has 0 radical (unpaired) electrons. The second-order valence-electron chi connectivity index (χ2n) is 3.92. The first-order chi connectivity index (χ1) is 8.24. The molecule has 0 saturated carbocycles. The third-order valence-corrected chi connectivity index (χ3v) is 2.71. The second kappa shape index (κ2) is 5.22. The maximum absolute atomic E-state index is 10.0. The highest BCUT2D eigenvalue weighted by Crippen LogP contribution is 2.23. The summed E-state index contributed by atoms with van der Waals surface area (Å²) in [5.41, 5.74) is 1.05. The number of hydrogen-bond acceptors (Lipinski definition) is 5. The Morgan fingerprint density at radius 2 is 2.29 bits per heavy atom. The van der Waals surface area contributed by atoms with E-state index < -0.39 is 12.2 Å². The van der Waals surface area contributed by atoms with Crippen LogP contribution < -0.4 is 5.32 Å². The van der Waals surface area contributed by atoms with Crippen LogP contribution in [0.2, 0.25) is 0 Å². The van der Waals surface area contributed by atoms with Gasteiger partial charge in [-0.15, -0.1) is 0 Å². The quantitative estimate of drug-likeness (QED) is 0.584. The molecule has 0 amide bonds. The Kier molecular flexibility index (Phi) is 3.68. The molecule has 2 rings (SSSR count). The minimum Gasteiger partial charge on any atom is -0.390 e. The zero-order valence-electron chi connectivity index (χ0n) is 9.59. The summed E-state index contributed by atoms with van der Waals surface area (Å²) in [5, 5.41) is 30.2. The molecule has 6 heteroatoms. The molecule has 0 aromatic carbocycles. The fourth-order valence-corrected chi connectivity index (χ4v) is 1.74. The minimum absolute atomic E-state index is 0.471. The Balaban J connectivity index is 2.21. The van der Waals surface area contributed by atoms with E-state index >= 15 is 0 Å². The maximum Gasteiger partial charge on any atom is 0.181 e. The average Bonchev–Trinajstić information content (AvgIpc) is 2.78. The van der Waals surface area contributed by atoms with Crippen LogP contribution in [0.25, 0.3) is 11.0 Å². The fraction of sp³-hybridized carbons (Fsp3) is 0.455. The number of nitrogens with zero attached hydrogens (tertiary/aromatic N) is 2. The molecule has 17 heavy (non-hydrogen) atoms. The largest absolute Gasteiger partial charge is 0.390 e. The van der Waals surface area contributed by atoms with Gasteiger partial charge in [-0.05, 0) is 32.1 Å². The molecule has 2 heterocycles. The summed E-state index contributed by atoms with van der Waals surface area (Å²) in [6, 6.07) is 3.59. The zero-order valence-corrected chi connectivity index (χ0v) is 9.59. The molecule has 92 valence electrons. The van der Waals surface area contributed by atoms with Gasteiger partial charge in [-0.1, -0.05) is 0 Å². The number of aliphatic hydroxyl groups excluding tert-OH is 2. The number of aliphatic hydroxyl groups is 2. The van der Waals surface area contributed by atoms with Crippen molar-refractivity contribution < 1.29 is 10.2 Å². The average molecular weight is 236 g/mol. The Bertz CT molecular complexity index is 485. The number of aromatic amines is 1. The van der Waals surface area contributed by atoms with Crippen LogP contribution in [0.3, 0.4) is 0 Å². The molecule has 6 nitrogen and oxygen atoms in total. The molecular formula is C11H16N4O2. The van der Waals surface area contributed by atoms with Gasteiger partial charge in [0.2, 0.25) is 0 Å².